The number of amides is 2. The number of hydrogen-bond acceptors (Lipinski definition) is 6. The Bertz CT molecular complexity index is 1180. The van der Waals surface area contributed by atoms with Crippen molar-refractivity contribution in [1.82, 2.24) is 9.62 Å². The monoisotopic (exact) mass is 466 g/mol. The van der Waals surface area contributed by atoms with Crippen molar-refractivity contribution in [2.24, 2.45) is 0 Å². The number of sulfonamides is 1. The van der Waals surface area contributed by atoms with Gasteiger partial charge in [0.2, 0.25) is 0 Å². The first-order valence-corrected chi connectivity index (χ1v) is 11.3. The Balaban J connectivity index is 1.43. The summed E-state index contributed by atoms with van der Waals surface area (Å²) in [5, 5.41) is 2.66. The number of methoxy groups -OCH3 is 1. The molecular formula is C21H20F2N2O6S. The number of carbonyl (C=O) groups excluding carboxylic acids is 2. The van der Waals surface area contributed by atoms with Crippen molar-refractivity contribution in [3.8, 4) is 11.5 Å². The number of ether oxygens (including phenoxy) is 2. The number of nitrogens with one attached hydrogen (secondary N) is 1. The minimum atomic E-state index is -3.96. The summed E-state index contributed by atoms with van der Waals surface area (Å²) in [5.41, 5.74) is 0.802. The second kappa shape index (κ2) is 8.38. The van der Waals surface area contributed by atoms with Crippen LogP contribution in [0, 0.1) is 0 Å². The Hall–Kier alpha value is -3.21. The first-order chi connectivity index (χ1) is 15.2. The molecule has 0 spiro atoms. The van der Waals surface area contributed by atoms with E-state index in [-0.39, 0.29) is 40.1 Å². The maximum atomic E-state index is 12.7. The van der Waals surface area contributed by atoms with Crippen LogP contribution in [0.5, 0.6) is 11.5 Å². The molecule has 0 bridgehead atoms. The lowest BCUT2D eigenvalue weighted by atomic mass is 10.1. The molecule has 1 heterocycles. The van der Waals surface area contributed by atoms with Crippen molar-refractivity contribution >= 4 is 21.8 Å². The number of rotatable bonds is 8. The molecule has 4 rings (SSSR count). The van der Waals surface area contributed by atoms with E-state index in [0.29, 0.717) is 24.8 Å². The summed E-state index contributed by atoms with van der Waals surface area (Å²) in [7, 11) is -2.62. The zero-order valence-electron chi connectivity index (χ0n) is 17.0. The van der Waals surface area contributed by atoms with Crippen molar-refractivity contribution < 1.29 is 36.3 Å². The molecule has 2 aromatic rings. The molecule has 0 radical (unpaired) electrons. The lowest BCUT2D eigenvalue weighted by molar-refractivity contribution is -0.0512. The Morgan fingerprint density at radius 2 is 1.94 bits per heavy atom. The van der Waals surface area contributed by atoms with Gasteiger partial charge in [-0.15, -0.1) is 0 Å². The highest BCUT2D eigenvalue weighted by molar-refractivity contribution is 7.90. The summed E-state index contributed by atoms with van der Waals surface area (Å²) in [6.45, 7) is -2.84. The van der Waals surface area contributed by atoms with Gasteiger partial charge < -0.3 is 14.8 Å². The fourth-order valence-corrected chi connectivity index (χ4v) is 5.39. The van der Waals surface area contributed by atoms with E-state index in [1.54, 1.807) is 6.07 Å². The Morgan fingerprint density at radius 3 is 2.59 bits per heavy atom. The van der Waals surface area contributed by atoms with Gasteiger partial charge in [-0.25, -0.2) is 12.7 Å². The van der Waals surface area contributed by atoms with Crippen molar-refractivity contribution in [3.63, 3.8) is 0 Å². The number of nitrogens with zero attached hydrogens (tertiary/aromatic N) is 1. The van der Waals surface area contributed by atoms with Gasteiger partial charge in [-0.3, -0.25) is 9.59 Å². The van der Waals surface area contributed by atoms with Crippen LogP contribution in [0.4, 0.5) is 8.78 Å². The van der Waals surface area contributed by atoms with Crippen molar-refractivity contribution in [2.75, 3.05) is 13.7 Å². The normalized spacial score (nSPS) is 16.8. The summed E-state index contributed by atoms with van der Waals surface area (Å²) >= 11 is 0. The molecule has 170 valence electrons. The van der Waals surface area contributed by atoms with Crippen LogP contribution < -0.4 is 14.8 Å². The minimum absolute atomic E-state index is 0.0678. The molecule has 0 atom stereocenters. The van der Waals surface area contributed by atoms with E-state index in [0.717, 1.165) is 4.31 Å². The zero-order valence-corrected chi connectivity index (χ0v) is 17.8. The first-order valence-electron chi connectivity index (χ1n) is 9.85. The molecule has 1 aliphatic heterocycles. The molecule has 32 heavy (non-hydrogen) atoms. The van der Waals surface area contributed by atoms with Crippen LogP contribution >= 0.6 is 0 Å². The maximum absolute atomic E-state index is 12.7. The van der Waals surface area contributed by atoms with Crippen LogP contribution in [-0.4, -0.2) is 50.8 Å². The molecule has 0 saturated heterocycles. The quantitative estimate of drug-likeness (QED) is 0.642. The minimum Gasteiger partial charge on any atom is -0.493 e. The first kappa shape index (κ1) is 22.0. The topological polar surface area (TPSA) is 102 Å². The fraction of sp³-hybridized carbons (Fsp3) is 0.333. The van der Waals surface area contributed by atoms with E-state index in [1.165, 1.54) is 37.4 Å². The van der Waals surface area contributed by atoms with E-state index < -0.39 is 28.4 Å². The summed E-state index contributed by atoms with van der Waals surface area (Å²) < 4.78 is 60.9. The third kappa shape index (κ3) is 4.12. The van der Waals surface area contributed by atoms with Gasteiger partial charge in [0.05, 0.1) is 12.7 Å². The Morgan fingerprint density at radius 1 is 1.19 bits per heavy atom. The molecule has 1 fully saturated rings. The van der Waals surface area contributed by atoms with E-state index in [1.807, 2.05) is 0 Å². The largest absolute Gasteiger partial charge is 0.493 e. The average Bonchev–Trinajstić information content (AvgIpc) is 3.54. The second-order valence-electron chi connectivity index (χ2n) is 7.42. The van der Waals surface area contributed by atoms with Gasteiger partial charge >= 0.3 is 6.61 Å². The number of benzene rings is 2. The molecule has 1 saturated carbocycles. The lowest BCUT2D eigenvalue weighted by Gasteiger charge is -2.13. The Labute approximate surface area is 183 Å². The summed E-state index contributed by atoms with van der Waals surface area (Å²) in [6, 6.07) is 8.20. The number of halogens is 2. The highest BCUT2D eigenvalue weighted by Crippen LogP contribution is 2.39. The van der Waals surface area contributed by atoms with Crippen molar-refractivity contribution in [1.29, 1.82) is 0 Å². The van der Waals surface area contributed by atoms with Crippen LogP contribution in [0.2, 0.25) is 0 Å². The highest BCUT2D eigenvalue weighted by atomic mass is 32.2. The van der Waals surface area contributed by atoms with Crippen LogP contribution in [0.15, 0.2) is 41.3 Å². The van der Waals surface area contributed by atoms with Crippen LogP contribution in [0.3, 0.4) is 0 Å². The number of carbonyl (C=O) groups is 2. The van der Waals surface area contributed by atoms with E-state index in [2.05, 4.69) is 10.1 Å². The summed E-state index contributed by atoms with van der Waals surface area (Å²) in [6.07, 6.45) is 1.59. The lowest BCUT2D eigenvalue weighted by Crippen LogP contribution is -2.32. The number of hydrogen-bond donors (Lipinski definition) is 1. The van der Waals surface area contributed by atoms with E-state index in [9.17, 15) is 26.8 Å². The van der Waals surface area contributed by atoms with Crippen LogP contribution in [0.1, 0.15) is 39.1 Å². The molecule has 2 aliphatic rings. The maximum Gasteiger partial charge on any atom is 0.387 e. The molecule has 1 N–H and O–H groups in total. The zero-order chi connectivity index (χ0) is 23.0. The molecule has 2 aromatic carbocycles. The van der Waals surface area contributed by atoms with Gasteiger partial charge in [-0.1, -0.05) is 6.07 Å². The molecule has 0 aromatic heterocycles. The van der Waals surface area contributed by atoms with Gasteiger partial charge in [0.1, 0.15) is 4.90 Å². The van der Waals surface area contributed by atoms with Gasteiger partial charge in [-0.05, 0) is 55.2 Å². The van der Waals surface area contributed by atoms with Crippen molar-refractivity contribution in [3.05, 3.63) is 53.1 Å². The standard InChI is InChI=1S/C21H20F2N2O6S/c1-30-16-7-2-12(10-17(16)31-21(22)23)8-9-24-19(26)13-3-6-15-18(11-13)32(28,29)25(20(15)27)14-4-5-14/h2-3,6-7,10-11,14,21H,4-5,8-9H2,1H3,(H,24,26). The Kier molecular flexibility index (Phi) is 5.76. The van der Waals surface area contributed by atoms with Crippen molar-refractivity contribution in [2.45, 2.75) is 36.8 Å². The predicted octanol–water partition coefficient (Wildman–Crippen LogP) is 2.58. The molecule has 1 aliphatic carbocycles. The molecule has 0 unspecified atom stereocenters. The van der Waals surface area contributed by atoms with E-state index >= 15 is 0 Å². The smallest absolute Gasteiger partial charge is 0.387 e. The fourth-order valence-electron chi connectivity index (χ4n) is 3.55. The second-order valence-corrected chi connectivity index (χ2v) is 9.20. The molecular weight excluding hydrogens is 446 g/mol. The molecule has 8 nitrogen and oxygen atoms in total. The van der Waals surface area contributed by atoms with Gasteiger partial charge in [0, 0.05) is 18.2 Å². The third-order valence-electron chi connectivity index (χ3n) is 5.23. The predicted molar refractivity (Wildman–Crippen MR) is 108 cm³/mol. The van der Waals surface area contributed by atoms with E-state index in [4.69, 9.17) is 4.74 Å². The SMILES string of the molecule is COc1ccc(CCNC(=O)c2ccc3c(c2)S(=O)(=O)N(C2CC2)C3=O)cc1OC(F)F. The van der Waals surface area contributed by atoms with Gasteiger partial charge in [0.25, 0.3) is 21.8 Å². The van der Waals surface area contributed by atoms with Gasteiger partial charge in [-0.2, -0.15) is 8.78 Å². The highest BCUT2D eigenvalue weighted by Gasteiger charge is 2.48. The number of fused-ring (bicyclic) bond motifs is 1. The summed E-state index contributed by atoms with van der Waals surface area (Å²) in [4.78, 5) is 24.8. The summed E-state index contributed by atoms with van der Waals surface area (Å²) in [5.74, 6) is -1.03. The molecule has 11 heteroatoms. The third-order valence-corrected chi connectivity index (χ3v) is 7.11. The molecule has 2 amide bonds. The van der Waals surface area contributed by atoms with Gasteiger partial charge in [0.15, 0.2) is 11.5 Å². The van der Waals surface area contributed by atoms with Crippen LogP contribution in [-0.2, 0) is 16.4 Å². The van der Waals surface area contributed by atoms with Crippen LogP contribution in [0.25, 0.3) is 0 Å². The number of alkyl halides is 2. The average molecular weight is 466 g/mol.